The molecule has 4 nitrogen and oxygen atoms in total. The molecule has 16 heavy (non-hydrogen) atoms. The van der Waals surface area contributed by atoms with Crippen molar-refractivity contribution in [1.29, 1.82) is 0 Å². The molecule has 0 bridgehead atoms. The van der Waals surface area contributed by atoms with Crippen LogP contribution in [0.25, 0.3) is 0 Å². The Bertz CT molecular complexity index is 398. The Morgan fingerprint density at radius 1 is 1.44 bits per heavy atom. The van der Waals surface area contributed by atoms with Crippen LogP contribution in [0.2, 0.25) is 0 Å². The zero-order chi connectivity index (χ0) is 11.5. The summed E-state index contributed by atoms with van der Waals surface area (Å²) in [5, 5.41) is 8.75. The van der Waals surface area contributed by atoms with E-state index in [4.69, 9.17) is 5.11 Å². The highest BCUT2D eigenvalue weighted by Gasteiger charge is 2.19. The number of aliphatic carboxylic acids is 1. The quantitative estimate of drug-likeness (QED) is 0.847. The van der Waals surface area contributed by atoms with Crippen molar-refractivity contribution >= 4 is 5.97 Å². The molecule has 2 rings (SSSR count). The van der Waals surface area contributed by atoms with Gasteiger partial charge in [-0.25, -0.2) is 9.97 Å². The second kappa shape index (κ2) is 4.60. The molecule has 4 heteroatoms. The van der Waals surface area contributed by atoms with Gasteiger partial charge in [0, 0.05) is 11.6 Å². The minimum absolute atomic E-state index is 0.0108. The Balaban J connectivity index is 2.24. The van der Waals surface area contributed by atoms with Crippen molar-refractivity contribution in [2.45, 2.75) is 44.9 Å². The fourth-order valence-electron chi connectivity index (χ4n) is 2.33. The molecule has 1 aliphatic carbocycles. The molecule has 0 amide bonds. The SMILES string of the molecule is Cc1nc(CC(=O)O)cc(C2CCCC2)n1. The second-order valence-corrected chi connectivity index (χ2v) is 4.38. The largest absolute Gasteiger partial charge is 0.481 e. The van der Waals surface area contributed by atoms with Crippen molar-refractivity contribution in [2.75, 3.05) is 0 Å². The number of hydrogen-bond donors (Lipinski definition) is 1. The van der Waals surface area contributed by atoms with Gasteiger partial charge in [-0.05, 0) is 25.8 Å². The van der Waals surface area contributed by atoms with Gasteiger partial charge >= 0.3 is 5.97 Å². The molecule has 1 aliphatic rings. The molecule has 1 heterocycles. The molecule has 0 aliphatic heterocycles. The van der Waals surface area contributed by atoms with Gasteiger partial charge in [0.15, 0.2) is 0 Å². The van der Waals surface area contributed by atoms with Crippen LogP contribution in [0.5, 0.6) is 0 Å². The van der Waals surface area contributed by atoms with E-state index in [1.165, 1.54) is 25.7 Å². The number of rotatable bonds is 3. The smallest absolute Gasteiger partial charge is 0.309 e. The number of aryl methyl sites for hydroxylation is 1. The molecule has 0 radical (unpaired) electrons. The lowest BCUT2D eigenvalue weighted by Crippen LogP contribution is -2.07. The summed E-state index contributed by atoms with van der Waals surface area (Å²) >= 11 is 0. The number of carboxylic acids is 1. The van der Waals surface area contributed by atoms with E-state index in [1.807, 2.05) is 13.0 Å². The third kappa shape index (κ3) is 2.56. The summed E-state index contributed by atoms with van der Waals surface area (Å²) in [5.74, 6) is 0.352. The van der Waals surface area contributed by atoms with Crippen molar-refractivity contribution in [1.82, 2.24) is 9.97 Å². The van der Waals surface area contributed by atoms with Crippen molar-refractivity contribution in [3.63, 3.8) is 0 Å². The Morgan fingerprint density at radius 3 is 2.75 bits per heavy atom. The van der Waals surface area contributed by atoms with Crippen molar-refractivity contribution in [3.05, 3.63) is 23.3 Å². The lowest BCUT2D eigenvalue weighted by atomic mass is 10.0. The van der Waals surface area contributed by atoms with E-state index in [2.05, 4.69) is 9.97 Å². The minimum Gasteiger partial charge on any atom is -0.481 e. The molecular formula is C12H16N2O2. The molecule has 0 unspecified atom stereocenters. The Morgan fingerprint density at radius 2 is 2.12 bits per heavy atom. The average molecular weight is 220 g/mol. The highest BCUT2D eigenvalue weighted by atomic mass is 16.4. The normalized spacial score (nSPS) is 16.6. The van der Waals surface area contributed by atoms with Crippen LogP contribution < -0.4 is 0 Å². The first-order chi connectivity index (χ1) is 7.65. The van der Waals surface area contributed by atoms with Gasteiger partial charge in [0.2, 0.25) is 0 Å². The summed E-state index contributed by atoms with van der Waals surface area (Å²) in [6, 6.07) is 1.86. The molecule has 0 spiro atoms. The van der Waals surface area contributed by atoms with E-state index in [1.54, 1.807) is 0 Å². The summed E-state index contributed by atoms with van der Waals surface area (Å²) in [7, 11) is 0. The van der Waals surface area contributed by atoms with Crippen LogP contribution in [-0.4, -0.2) is 21.0 Å². The number of nitrogens with zero attached hydrogens (tertiary/aromatic N) is 2. The van der Waals surface area contributed by atoms with Crippen molar-refractivity contribution in [2.24, 2.45) is 0 Å². The third-order valence-electron chi connectivity index (χ3n) is 3.02. The van der Waals surface area contributed by atoms with Crippen LogP contribution in [0.4, 0.5) is 0 Å². The first kappa shape index (κ1) is 11.0. The first-order valence-corrected chi connectivity index (χ1v) is 5.71. The number of carboxylic acid groups (broad SMARTS) is 1. The molecule has 0 aromatic carbocycles. The van der Waals surface area contributed by atoms with Crippen LogP contribution in [0.15, 0.2) is 6.07 Å². The number of carbonyl (C=O) groups is 1. The standard InChI is InChI=1S/C12H16N2O2/c1-8-13-10(7-12(15)16)6-11(14-8)9-4-2-3-5-9/h6,9H,2-5,7H2,1H3,(H,15,16). The molecule has 1 N–H and O–H groups in total. The summed E-state index contributed by atoms with van der Waals surface area (Å²) in [4.78, 5) is 19.2. The molecular weight excluding hydrogens is 204 g/mol. The lowest BCUT2D eigenvalue weighted by Gasteiger charge is -2.10. The van der Waals surface area contributed by atoms with Crippen molar-refractivity contribution in [3.8, 4) is 0 Å². The van der Waals surface area contributed by atoms with E-state index in [-0.39, 0.29) is 6.42 Å². The summed E-state index contributed by atoms with van der Waals surface area (Å²) < 4.78 is 0. The average Bonchev–Trinajstić information content (AvgIpc) is 2.67. The predicted octanol–water partition coefficient (Wildman–Crippen LogP) is 2.07. The highest BCUT2D eigenvalue weighted by molar-refractivity contribution is 5.69. The zero-order valence-electron chi connectivity index (χ0n) is 9.44. The van der Waals surface area contributed by atoms with Gasteiger partial charge in [0.1, 0.15) is 5.82 Å². The summed E-state index contributed by atoms with van der Waals surface area (Å²) in [6.45, 7) is 1.82. The van der Waals surface area contributed by atoms with Gasteiger partial charge < -0.3 is 5.11 Å². The van der Waals surface area contributed by atoms with E-state index >= 15 is 0 Å². The monoisotopic (exact) mass is 220 g/mol. The Labute approximate surface area is 94.7 Å². The maximum atomic E-state index is 10.7. The van der Waals surface area contributed by atoms with E-state index in [9.17, 15) is 4.79 Å². The first-order valence-electron chi connectivity index (χ1n) is 5.71. The molecule has 1 saturated carbocycles. The van der Waals surface area contributed by atoms with Crippen LogP contribution in [-0.2, 0) is 11.2 Å². The molecule has 86 valence electrons. The second-order valence-electron chi connectivity index (χ2n) is 4.38. The number of hydrogen-bond acceptors (Lipinski definition) is 3. The van der Waals surface area contributed by atoms with Gasteiger partial charge in [-0.15, -0.1) is 0 Å². The molecule has 1 aromatic heterocycles. The predicted molar refractivity (Wildman–Crippen MR) is 59.3 cm³/mol. The minimum atomic E-state index is -0.838. The molecule has 1 fully saturated rings. The van der Waals surface area contributed by atoms with E-state index in [0.717, 1.165) is 5.69 Å². The highest BCUT2D eigenvalue weighted by Crippen LogP contribution is 2.33. The molecule has 1 aromatic rings. The Hall–Kier alpha value is -1.45. The zero-order valence-corrected chi connectivity index (χ0v) is 9.44. The van der Waals surface area contributed by atoms with Crippen molar-refractivity contribution < 1.29 is 9.90 Å². The summed E-state index contributed by atoms with van der Waals surface area (Å²) in [6.07, 6.45) is 4.83. The van der Waals surface area contributed by atoms with E-state index < -0.39 is 5.97 Å². The molecule has 0 saturated heterocycles. The maximum absolute atomic E-state index is 10.7. The number of aromatic nitrogens is 2. The third-order valence-corrected chi connectivity index (χ3v) is 3.02. The topological polar surface area (TPSA) is 63.1 Å². The maximum Gasteiger partial charge on any atom is 0.309 e. The Kier molecular flexibility index (Phi) is 3.17. The summed E-state index contributed by atoms with van der Waals surface area (Å²) in [5.41, 5.74) is 1.66. The van der Waals surface area contributed by atoms with E-state index in [0.29, 0.717) is 17.4 Å². The van der Waals surface area contributed by atoms with Gasteiger partial charge in [0.25, 0.3) is 0 Å². The van der Waals surface area contributed by atoms with Gasteiger partial charge in [-0.3, -0.25) is 4.79 Å². The van der Waals surface area contributed by atoms with Gasteiger partial charge in [0.05, 0.1) is 12.1 Å². The van der Waals surface area contributed by atoms with Gasteiger partial charge in [-0.1, -0.05) is 12.8 Å². The lowest BCUT2D eigenvalue weighted by molar-refractivity contribution is -0.136. The van der Waals surface area contributed by atoms with Crippen LogP contribution in [0, 0.1) is 6.92 Å². The molecule has 0 atom stereocenters. The fraction of sp³-hybridized carbons (Fsp3) is 0.583. The van der Waals surface area contributed by atoms with Crippen LogP contribution in [0.1, 0.15) is 48.8 Å². The fourth-order valence-corrected chi connectivity index (χ4v) is 2.33. The van der Waals surface area contributed by atoms with Crippen LogP contribution >= 0.6 is 0 Å². The van der Waals surface area contributed by atoms with Gasteiger partial charge in [-0.2, -0.15) is 0 Å². The van der Waals surface area contributed by atoms with Crippen LogP contribution in [0.3, 0.4) is 0 Å².